The second-order valence-corrected chi connectivity index (χ2v) is 5.25. The smallest absolute Gasteiger partial charge is 0.412 e. The Bertz CT molecular complexity index is 333. The molecule has 1 aliphatic heterocycles. The molecule has 0 aromatic rings. The lowest BCUT2D eigenvalue weighted by molar-refractivity contribution is -0.0641. The Hall–Kier alpha value is -0.810. The summed E-state index contributed by atoms with van der Waals surface area (Å²) in [6.07, 6.45) is -0.701. The number of carbonyl (C=O) groups excluding carboxylic acids is 1. The minimum absolute atomic E-state index is 0.0737. The molecule has 0 unspecified atom stereocenters. The quantitative estimate of drug-likeness (QED) is 0.742. The Labute approximate surface area is 99.1 Å². The first-order valence-electron chi connectivity index (χ1n) is 6.23. The molecule has 1 amide bonds. The highest BCUT2D eigenvalue weighted by Crippen LogP contribution is 2.28. The van der Waals surface area contributed by atoms with E-state index in [2.05, 4.69) is 0 Å². The van der Waals surface area contributed by atoms with E-state index in [1.54, 1.807) is 34.6 Å². The molecule has 5 nitrogen and oxygen atoms in total. The van der Waals surface area contributed by atoms with Gasteiger partial charge in [-0.3, -0.25) is 4.90 Å². The molecule has 0 saturated carbocycles. The zero-order valence-electron chi connectivity index (χ0n) is 12.4. The number of nitrogens with zero attached hydrogens (tertiary/aromatic N) is 1. The van der Waals surface area contributed by atoms with Crippen molar-refractivity contribution in [2.75, 3.05) is 13.2 Å². The second-order valence-electron chi connectivity index (χ2n) is 5.25. The molecular formula is C11H21NO4. The monoisotopic (exact) mass is 233 g/mol. The first-order valence-corrected chi connectivity index (χ1v) is 5.23. The SMILES string of the molecule is [2H]C([2H])(O)[C@@H]1COC(C)(C)N1C(=O)OC(C)(C)C. The van der Waals surface area contributed by atoms with Crippen LogP contribution in [0.15, 0.2) is 0 Å². The maximum Gasteiger partial charge on any atom is 0.412 e. The van der Waals surface area contributed by atoms with Crippen molar-refractivity contribution in [3.05, 3.63) is 0 Å². The van der Waals surface area contributed by atoms with E-state index in [0.717, 1.165) is 4.90 Å². The minimum atomic E-state index is -2.54. The van der Waals surface area contributed by atoms with Crippen LogP contribution in [0.1, 0.15) is 37.4 Å². The van der Waals surface area contributed by atoms with Crippen LogP contribution in [0.3, 0.4) is 0 Å². The van der Waals surface area contributed by atoms with Crippen LogP contribution in [-0.2, 0) is 9.47 Å². The number of carbonyl (C=O) groups is 1. The van der Waals surface area contributed by atoms with Crippen LogP contribution < -0.4 is 0 Å². The highest BCUT2D eigenvalue weighted by molar-refractivity contribution is 5.69. The Balaban J connectivity index is 2.96. The van der Waals surface area contributed by atoms with E-state index in [1.807, 2.05) is 0 Å². The molecule has 1 rings (SSSR count). The summed E-state index contributed by atoms with van der Waals surface area (Å²) in [5.41, 5.74) is -1.70. The lowest BCUT2D eigenvalue weighted by Gasteiger charge is -2.34. The summed E-state index contributed by atoms with van der Waals surface area (Å²) >= 11 is 0. The number of aliphatic hydroxyl groups is 1. The van der Waals surface area contributed by atoms with Crippen molar-refractivity contribution in [3.63, 3.8) is 0 Å². The van der Waals surface area contributed by atoms with Gasteiger partial charge < -0.3 is 14.6 Å². The van der Waals surface area contributed by atoms with Crippen molar-refractivity contribution in [3.8, 4) is 0 Å². The Morgan fingerprint density at radius 2 is 2.25 bits per heavy atom. The summed E-state index contributed by atoms with van der Waals surface area (Å²) in [5.74, 6) is 0. The summed E-state index contributed by atoms with van der Waals surface area (Å²) in [7, 11) is 0. The fourth-order valence-electron chi connectivity index (χ4n) is 1.56. The largest absolute Gasteiger partial charge is 0.444 e. The average Bonchev–Trinajstić information content (AvgIpc) is 2.36. The molecule has 5 heteroatoms. The fraction of sp³-hybridized carbons (Fsp3) is 0.909. The van der Waals surface area contributed by atoms with Crippen LogP contribution in [0.5, 0.6) is 0 Å². The molecule has 1 heterocycles. The van der Waals surface area contributed by atoms with Crippen LogP contribution >= 0.6 is 0 Å². The molecule has 0 aliphatic carbocycles. The summed E-state index contributed by atoms with van der Waals surface area (Å²) in [6, 6.07) is -1.08. The van der Waals surface area contributed by atoms with Crippen LogP contribution in [0.4, 0.5) is 4.79 Å². The van der Waals surface area contributed by atoms with Gasteiger partial charge in [-0.2, -0.15) is 0 Å². The molecule has 0 spiro atoms. The molecular weight excluding hydrogens is 210 g/mol. The van der Waals surface area contributed by atoms with Gasteiger partial charge in [-0.05, 0) is 34.6 Å². The van der Waals surface area contributed by atoms with E-state index in [4.69, 9.17) is 12.2 Å². The van der Waals surface area contributed by atoms with E-state index in [-0.39, 0.29) is 6.61 Å². The highest BCUT2D eigenvalue weighted by atomic mass is 16.6. The maximum atomic E-state index is 12.1. The van der Waals surface area contributed by atoms with Crippen LogP contribution in [-0.4, -0.2) is 46.6 Å². The van der Waals surface area contributed by atoms with Gasteiger partial charge in [-0.1, -0.05) is 0 Å². The summed E-state index contributed by atoms with van der Waals surface area (Å²) < 4.78 is 25.3. The van der Waals surface area contributed by atoms with Gasteiger partial charge in [-0.25, -0.2) is 4.79 Å². The second kappa shape index (κ2) is 4.22. The number of hydrogen-bond donors (Lipinski definition) is 1. The molecule has 0 aromatic carbocycles. The van der Waals surface area contributed by atoms with Crippen molar-refractivity contribution in [2.45, 2.75) is 52.0 Å². The highest BCUT2D eigenvalue weighted by Gasteiger charge is 2.45. The predicted molar refractivity (Wildman–Crippen MR) is 59.0 cm³/mol. The molecule has 1 aliphatic rings. The van der Waals surface area contributed by atoms with Crippen molar-refractivity contribution >= 4 is 6.09 Å². The number of hydrogen-bond acceptors (Lipinski definition) is 4. The lowest BCUT2D eigenvalue weighted by Crippen LogP contribution is -2.50. The van der Waals surface area contributed by atoms with Gasteiger partial charge >= 0.3 is 6.09 Å². The van der Waals surface area contributed by atoms with Crippen LogP contribution in [0.2, 0.25) is 0 Å². The first kappa shape index (κ1) is 10.4. The molecule has 1 N–H and O–H groups in total. The van der Waals surface area contributed by atoms with Crippen molar-refractivity contribution in [2.24, 2.45) is 0 Å². The van der Waals surface area contributed by atoms with Crippen molar-refractivity contribution in [1.82, 2.24) is 4.90 Å². The van der Waals surface area contributed by atoms with E-state index in [1.165, 1.54) is 0 Å². The van der Waals surface area contributed by atoms with Crippen molar-refractivity contribution in [1.29, 1.82) is 0 Å². The number of rotatable bonds is 1. The zero-order valence-corrected chi connectivity index (χ0v) is 10.4. The molecule has 1 atom stereocenters. The fourth-order valence-corrected chi connectivity index (χ4v) is 1.56. The summed E-state index contributed by atoms with van der Waals surface area (Å²) in [6.45, 7) is 5.80. The topological polar surface area (TPSA) is 59.0 Å². The van der Waals surface area contributed by atoms with E-state index in [0.29, 0.717) is 0 Å². The third-order valence-electron chi connectivity index (χ3n) is 2.23. The van der Waals surface area contributed by atoms with Gasteiger partial charge in [0.15, 0.2) is 0 Å². The summed E-state index contributed by atoms with van der Waals surface area (Å²) in [4.78, 5) is 13.2. The van der Waals surface area contributed by atoms with Gasteiger partial charge in [0, 0.05) is 0 Å². The van der Waals surface area contributed by atoms with Gasteiger partial charge in [-0.15, -0.1) is 0 Å². The average molecular weight is 233 g/mol. The molecule has 0 radical (unpaired) electrons. The molecule has 0 bridgehead atoms. The van der Waals surface area contributed by atoms with E-state index >= 15 is 0 Å². The maximum absolute atomic E-state index is 12.1. The Morgan fingerprint density at radius 3 is 2.69 bits per heavy atom. The standard InChI is InChI=1S/C11H21NO4/c1-10(2,3)16-9(14)12-8(6-13)7-15-11(12,4)5/h8,13H,6-7H2,1-5H3/t8-/m1/s1/i6D2. The van der Waals surface area contributed by atoms with Crippen LogP contribution in [0.25, 0.3) is 0 Å². The Morgan fingerprint density at radius 1 is 1.69 bits per heavy atom. The van der Waals surface area contributed by atoms with Gasteiger partial charge in [0.2, 0.25) is 0 Å². The molecule has 1 fully saturated rings. The molecule has 16 heavy (non-hydrogen) atoms. The first-order chi connectivity index (χ1) is 7.84. The van der Waals surface area contributed by atoms with Gasteiger partial charge in [0.05, 0.1) is 21.9 Å². The molecule has 0 aromatic heterocycles. The zero-order chi connectivity index (χ0) is 14.4. The number of ether oxygens (including phenoxy) is 2. The lowest BCUT2D eigenvalue weighted by atomic mass is 10.2. The van der Waals surface area contributed by atoms with E-state index in [9.17, 15) is 9.90 Å². The van der Waals surface area contributed by atoms with Crippen molar-refractivity contribution < 1.29 is 22.1 Å². The number of amides is 1. The van der Waals surface area contributed by atoms with Gasteiger partial charge in [0.1, 0.15) is 11.3 Å². The third-order valence-corrected chi connectivity index (χ3v) is 2.23. The predicted octanol–water partition coefficient (Wildman–Crippen LogP) is 1.35. The minimum Gasteiger partial charge on any atom is -0.444 e. The van der Waals surface area contributed by atoms with E-state index < -0.39 is 30.0 Å². The molecule has 1 saturated heterocycles. The Kier molecular flexibility index (Phi) is 2.73. The third kappa shape index (κ3) is 2.86. The van der Waals surface area contributed by atoms with Crippen LogP contribution in [0, 0.1) is 0 Å². The van der Waals surface area contributed by atoms with Gasteiger partial charge in [0.25, 0.3) is 0 Å². The summed E-state index contributed by atoms with van der Waals surface area (Å²) in [5, 5.41) is 9.47. The normalized spacial score (nSPS) is 27.4. The molecule has 94 valence electrons.